The Morgan fingerprint density at radius 3 is 2.97 bits per heavy atom. The van der Waals surface area contributed by atoms with Gasteiger partial charge in [-0.25, -0.2) is 14.6 Å². The topological polar surface area (TPSA) is 170 Å². The second-order valence-corrected chi connectivity index (χ2v) is 10.2. The number of amidine groups is 2. The number of carbonyl (C=O) groups excluding carboxylic acids is 1. The van der Waals surface area contributed by atoms with Crippen LogP contribution in [0.4, 0.5) is 4.39 Å². The number of hydrogen-bond donors (Lipinski definition) is 3. The van der Waals surface area contributed by atoms with Gasteiger partial charge in [0.25, 0.3) is 0 Å². The molecule has 4 rings (SSSR count). The van der Waals surface area contributed by atoms with Crippen LogP contribution >= 0.6 is 7.75 Å². The van der Waals surface area contributed by atoms with E-state index in [9.17, 15) is 18.9 Å². The molecule has 0 radical (unpaired) electrons. The predicted molar refractivity (Wildman–Crippen MR) is 114 cm³/mol. The molecule has 0 amide bonds. The summed E-state index contributed by atoms with van der Waals surface area (Å²) in [5, 5.41) is 13.6. The van der Waals surface area contributed by atoms with Crippen LogP contribution in [0, 0.1) is 5.92 Å². The number of aliphatic hydroxyl groups is 1. The second kappa shape index (κ2) is 9.35. The van der Waals surface area contributed by atoms with Crippen LogP contribution in [0.3, 0.4) is 0 Å². The van der Waals surface area contributed by atoms with E-state index < -0.39 is 62.6 Å². The van der Waals surface area contributed by atoms with Crippen LogP contribution in [0.15, 0.2) is 15.0 Å². The number of ether oxygens (including phenoxy) is 2. The fourth-order valence-corrected chi connectivity index (χ4v) is 5.83. The Hall–Kier alpha value is -1.96. The third-order valence-electron chi connectivity index (χ3n) is 5.58. The van der Waals surface area contributed by atoms with Crippen molar-refractivity contribution in [2.24, 2.45) is 26.6 Å². The normalized spacial score (nSPS) is 38.5. The molecule has 0 aromatic carbocycles. The Bertz CT molecular complexity index is 917. The minimum atomic E-state index is -3.99. The lowest BCUT2D eigenvalue weighted by Gasteiger charge is -2.33. The lowest BCUT2D eigenvalue weighted by atomic mass is 10.1. The number of aliphatic hydroxyl groups excluding tert-OH is 1. The Kier molecular flexibility index (Phi) is 6.85. The van der Waals surface area contributed by atoms with E-state index in [1.807, 2.05) is 13.8 Å². The number of fused-ring (bicyclic) bond motifs is 2. The average Bonchev–Trinajstić information content (AvgIpc) is 3.28. The SMILES string of the molecule is CCOC(=O)[C@H](CC(C)C)NP1(=O)OC[C@H]2O[C@@H](N3C=NC4C(N)=NC(F)=NC43)[C@@H](O)[C@@H]2O1. The first-order valence-electron chi connectivity index (χ1n) is 10.7. The van der Waals surface area contributed by atoms with Gasteiger partial charge in [-0.1, -0.05) is 13.8 Å². The van der Waals surface area contributed by atoms with Gasteiger partial charge in [0.15, 0.2) is 12.4 Å². The number of esters is 1. The number of nitrogens with two attached hydrogens (primary N) is 1. The van der Waals surface area contributed by atoms with Crippen molar-refractivity contribution in [2.75, 3.05) is 13.2 Å². The van der Waals surface area contributed by atoms with Crippen molar-refractivity contribution in [2.45, 2.75) is 70.0 Å². The molecule has 0 bridgehead atoms. The first-order valence-corrected chi connectivity index (χ1v) is 12.2. The summed E-state index contributed by atoms with van der Waals surface area (Å²) in [7, 11) is -3.99. The minimum absolute atomic E-state index is 0.0420. The van der Waals surface area contributed by atoms with Gasteiger partial charge in [0.05, 0.1) is 19.6 Å². The van der Waals surface area contributed by atoms with Gasteiger partial charge in [-0.3, -0.25) is 18.8 Å². The zero-order valence-electron chi connectivity index (χ0n) is 18.4. The Morgan fingerprint density at radius 2 is 2.27 bits per heavy atom. The van der Waals surface area contributed by atoms with Gasteiger partial charge >= 0.3 is 19.8 Å². The van der Waals surface area contributed by atoms with Crippen molar-refractivity contribution in [1.29, 1.82) is 0 Å². The number of hydrogen-bond acceptors (Lipinski definition) is 12. The maximum absolute atomic E-state index is 13.7. The molecule has 2 fully saturated rings. The van der Waals surface area contributed by atoms with E-state index in [0.717, 1.165) is 0 Å². The van der Waals surface area contributed by atoms with Crippen molar-refractivity contribution < 1.29 is 37.4 Å². The number of aliphatic imine (C=N–C) groups is 3. The van der Waals surface area contributed by atoms with E-state index in [0.29, 0.717) is 6.42 Å². The molecule has 0 aromatic heterocycles. The van der Waals surface area contributed by atoms with Crippen molar-refractivity contribution in [3.05, 3.63) is 0 Å². The molecule has 8 atom stereocenters. The summed E-state index contributed by atoms with van der Waals surface area (Å²) in [6, 6.07) is -1.63. The summed E-state index contributed by atoms with van der Waals surface area (Å²) in [5.41, 5.74) is 5.74. The van der Waals surface area contributed by atoms with Gasteiger partial charge < -0.3 is 25.2 Å². The van der Waals surface area contributed by atoms with E-state index in [1.165, 1.54) is 11.2 Å². The van der Waals surface area contributed by atoms with Crippen LogP contribution in [0.2, 0.25) is 0 Å². The van der Waals surface area contributed by atoms with Crippen LogP contribution in [0.25, 0.3) is 0 Å². The highest BCUT2D eigenvalue weighted by molar-refractivity contribution is 7.51. The smallest absolute Gasteiger partial charge is 0.406 e. The molecule has 4 heterocycles. The van der Waals surface area contributed by atoms with Gasteiger partial charge in [-0.2, -0.15) is 9.38 Å². The van der Waals surface area contributed by atoms with Crippen molar-refractivity contribution >= 4 is 32.0 Å². The molecule has 4 aliphatic rings. The predicted octanol–water partition coefficient (Wildman–Crippen LogP) is -0.102. The number of halogens is 1. The highest BCUT2D eigenvalue weighted by atomic mass is 31.2. The van der Waals surface area contributed by atoms with E-state index in [-0.39, 0.29) is 25.0 Å². The Balaban J connectivity index is 1.46. The summed E-state index contributed by atoms with van der Waals surface area (Å²) in [5.74, 6) is -0.525. The first kappa shape index (κ1) is 24.2. The molecule has 184 valence electrons. The van der Waals surface area contributed by atoms with Gasteiger partial charge in [-0.05, 0) is 19.3 Å². The number of carbonyl (C=O) groups is 1. The zero-order valence-corrected chi connectivity index (χ0v) is 19.3. The lowest BCUT2D eigenvalue weighted by molar-refractivity contribution is -0.145. The van der Waals surface area contributed by atoms with E-state index in [4.69, 9.17) is 24.3 Å². The molecular formula is C18H28FN6O7P. The zero-order chi connectivity index (χ0) is 23.9. The van der Waals surface area contributed by atoms with E-state index in [1.54, 1.807) is 6.92 Å². The molecule has 33 heavy (non-hydrogen) atoms. The summed E-state index contributed by atoms with van der Waals surface area (Å²) >= 11 is 0. The third-order valence-corrected chi connectivity index (χ3v) is 7.21. The molecule has 0 aliphatic carbocycles. The van der Waals surface area contributed by atoms with Crippen LogP contribution < -0.4 is 10.8 Å². The fraction of sp³-hybridized carbons (Fsp3) is 0.778. The molecule has 0 saturated carbocycles. The second-order valence-electron chi connectivity index (χ2n) is 8.49. The molecule has 15 heteroatoms. The molecule has 2 saturated heterocycles. The summed E-state index contributed by atoms with van der Waals surface area (Å²) in [6.07, 6.45) is -4.34. The van der Waals surface area contributed by atoms with Crippen molar-refractivity contribution in [1.82, 2.24) is 9.99 Å². The highest BCUT2D eigenvalue weighted by Crippen LogP contribution is 2.52. The summed E-state index contributed by atoms with van der Waals surface area (Å²) in [6.45, 7) is 5.48. The Labute approximate surface area is 189 Å². The number of nitrogens with zero attached hydrogens (tertiary/aromatic N) is 4. The molecule has 4 aliphatic heterocycles. The largest absolute Gasteiger partial charge is 0.465 e. The van der Waals surface area contributed by atoms with Gasteiger partial charge in [0, 0.05) is 0 Å². The molecule has 3 unspecified atom stereocenters. The van der Waals surface area contributed by atoms with Crippen LogP contribution in [-0.2, 0) is 27.9 Å². The first-order chi connectivity index (χ1) is 15.6. The molecular weight excluding hydrogens is 462 g/mol. The fourth-order valence-electron chi connectivity index (χ4n) is 4.12. The quantitative estimate of drug-likeness (QED) is 0.249. The molecule has 0 aromatic rings. The standard InChI is InChI=1S/C18H28FN6O7P/c1-4-29-17(27)9(5-8(2)3)24-33(28)30-6-10-13(32-33)12(26)16(31-10)25-7-21-11-14(20)22-18(19)23-15(11)25/h7-13,15-16,26H,4-6H2,1-3H3,(H,24,28)(H2,20,22,23)/t9-,10+,11?,12-,13+,15?,16+,33?/m0/s1. The van der Waals surface area contributed by atoms with Crippen LogP contribution in [0.1, 0.15) is 27.2 Å². The summed E-state index contributed by atoms with van der Waals surface area (Å²) < 4.78 is 49.0. The molecule has 13 nitrogen and oxygen atoms in total. The monoisotopic (exact) mass is 490 g/mol. The van der Waals surface area contributed by atoms with Crippen LogP contribution in [0.5, 0.6) is 0 Å². The average molecular weight is 490 g/mol. The molecule has 0 spiro atoms. The number of nitrogens with one attached hydrogen (secondary N) is 1. The summed E-state index contributed by atoms with van der Waals surface area (Å²) in [4.78, 5) is 25.2. The third kappa shape index (κ3) is 4.81. The maximum Gasteiger partial charge on any atom is 0.406 e. The van der Waals surface area contributed by atoms with Crippen molar-refractivity contribution in [3.63, 3.8) is 0 Å². The van der Waals surface area contributed by atoms with E-state index >= 15 is 0 Å². The molecule has 4 N–H and O–H groups in total. The van der Waals surface area contributed by atoms with Gasteiger partial charge in [-0.15, -0.1) is 0 Å². The highest BCUT2D eigenvalue weighted by Gasteiger charge is 2.56. The van der Waals surface area contributed by atoms with Gasteiger partial charge in [0.1, 0.15) is 36.2 Å². The lowest BCUT2D eigenvalue weighted by Crippen LogP contribution is -2.52. The van der Waals surface area contributed by atoms with Crippen molar-refractivity contribution in [3.8, 4) is 0 Å². The Morgan fingerprint density at radius 1 is 1.52 bits per heavy atom. The number of rotatable bonds is 7. The van der Waals surface area contributed by atoms with Gasteiger partial charge in [0.2, 0.25) is 0 Å². The van der Waals surface area contributed by atoms with Crippen LogP contribution in [-0.4, -0.2) is 90.2 Å². The maximum atomic E-state index is 13.7. The van der Waals surface area contributed by atoms with E-state index in [2.05, 4.69) is 20.1 Å². The minimum Gasteiger partial charge on any atom is -0.465 e.